The van der Waals surface area contributed by atoms with Crippen LogP contribution in [-0.4, -0.2) is 36.5 Å². The van der Waals surface area contributed by atoms with Gasteiger partial charge in [0, 0.05) is 30.9 Å². The molecule has 0 saturated carbocycles. The molecule has 0 bridgehead atoms. The SMILES string of the molecule is O=C(c1ccc(F)c(F)c1)N1CCN2c3ccccc3CC2C1. The summed E-state index contributed by atoms with van der Waals surface area (Å²) >= 11 is 0. The summed E-state index contributed by atoms with van der Waals surface area (Å²) in [5.74, 6) is -2.15. The van der Waals surface area contributed by atoms with E-state index in [1.54, 1.807) is 4.90 Å². The Hall–Kier alpha value is -2.43. The standard InChI is InChI=1S/C18H16F2N2O/c19-15-6-5-13(10-16(15)20)18(23)21-7-8-22-14(11-21)9-12-3-1-2-4-17(12)22/h1-6,10,14H,7-9,11H2. The molecular weight excluding hydrogens is 298 g/mol. The van der Waals surface area contributed by atoms with Crippen LogP contribution in [0.25, 0.3) is 0 Å². The lowest BCUT2D eigenvalue weighted by molar-refractivity contribution is 0.0724. The molecule has 1 atom stereocenters. The number of halogens is 2. The maximum absolute atomic E-state index is 13.3. The molecular formula is C18H16F2N2O. The molecule has 118 valence electrons. The van der Waals surface area contributed by atoms with Crippen molar-refractivity contribution in [3.63, 3.8) is 0 Å². The van der Waals surface area contributed by atoms with Gasteiger partial charge in [-0.1, -0.05) is 18.2 Å². The first kappa shape index (κ1) is 14.2. The van der Waals surface area contributed by atoms with E-state index in [-0.39, 0.29) is 17.5 Å². The first-order valence-corrected chi connectivity index (χ1v) is 7.72. The van der Waals surface area contributed by atoms with Crippen molar-refractivity contribution in [2.24, 2.45) is 0 Å². The number of rotatable bonds is 1. The molecule has 5 heteroatoms. The van der Waals surface area contributed by atoms with E-state index in [1.165, 1.54) is 17.3 Å². The number of anilines is 1. The summed E-state index contributed by atoms with van der Waals surface area (Å²) in [5.41, 5.74) is 2.75. The summed E-state index contributed by atoms with van der Waals surface area (Å²) in [5, 5.41) is 0. The first-order valence-electron chi connectivity index (χ1n) is 7.72. The minimum Gasteiger partial charge on any atom is -0.364 e. The van der Waals surface area contributed by atoms with Crippen LogP contribution in [0.5, 0.6) is 0 Å². The Labute approximate surface area is 133 Å². The predicted octanol–water partition coefficient (Wildman–Crippen LogP) is 2.85. The van der Waals surface area contributed by atoms with E-state index in [4.69, 9.17) is 0 Å². The van der Waals surface area contributed by atoms with Crippen molar-refractivity contribution in [3.05, 3.63) is 65.2 Å². The van der Waals surface area contributed by atoms with Crippen molar-refractivity contribution in [2.45, 2.75) is 12.5 Å². The van der Waals surface area contributed by atoms with Crippen LogP contribution in [0.4, 0.5) is 14.5 Å². The number of benzene rings is 2. The van der Waals surface area contributed by atoms with Crippen LogP contribution < -0.4 is 4.90 Å². The summed E-state index contributed by atoms with van der Waals surface area (Å²) in [6.07, 6.45) is 0.914. The van der Waals surface area contributed by atoms with Crippen molar-refractivity contribution in [1.29, 1.82) is 0 Å². The molecule has 2 aliphatic heterocycles. The number of hydrogen-bond donors (Lipinski definition) is 0. The average Bonchev–Trinajstić information content (AvgIpc) is 2.94. The van der Waals surface area contributed by atoms with Gasteiger partial charge in [0.1, 0.15) is 0 Å². The number of carbonyl (C=O) groups excluding carboxylic acids is 1. The van der Waals surface area contributed by atoms with Crippen LogP contribution in [-0.2, 0) is 6.42 Å². The Balaban J connectivity index is 1.53. The number of piperazine rings is 1. The van der Waals surface area contributed by atoms with Gasteiger partial charge in [0.05, 0.1) is 6.04 Å². The number of fused-ring (bicyclic) bond motifs is 3. The van der Waals surface area contributed by atoms with E-state index in [1.807, 2.05) is 12.1 Å². The quantitative estimate of drug-likeness (QED) is 0.808. The summed E-state index contributed by atoms with van der Waals surface area (Å²) in [6.45, 7) is 1.95. The minimum atomic E-state index is -0.984. The second-order valence-corrected chi connectivity index (χ2v) is 6.06. The molecule has 0 spiro atoms. The van der Waals surface area contributed by atoms with Crippen molar-refractivity contribution in [1.82, 2.24) is 4.90 Å². The lowest BCUT2D eigenvalue weighted by atomic mass is 10.1. The fourth-order valence-electron chi connectivity index (χ4n) is 3.56. The van der Waals surface area contributed by atoms with Gasteiger partial charge in [-0.25, -0.2) is 8.78 Å². The largest absolute Gasteiger partial charge is 0.364 e. The van der Waals surface area contributed by atoms with Gasteiger partial charge in [-0.05, 0) is 36.2 Å². The molecule has 0 aromatic heterocycles. The fourth-order valence-corrected chi connectivity index (χ4v) is 3.56. The molecule has 0 aliphatic carbocycles. The molecule has 1 unspecified atom stereocenters. The highest BCUT2D eigenvalue weighted by Crippen LogP contribution is 2.34. The fraction of sp³-hybridized carbons (Fsp3) is 0.278. The third-order valence-electron chi connectivity index (χ3n) is 4.69. The zero-order valence-electron chi connectivity index (χ0n) is 12.5. The average molecular weight is 314 g/mol. The van der Waals surface area contributed by atoms with E-state index < -0.39 is 11.6 Å². The van der Waals surface area contributed by atoms with Gasteiger partial charge in [0.15, 0.2) is 11.6 Å². The summed E-state index contributed by atoms with van der Waals surface area (Å²) in [6, 6.07) is 11.9. The molecule has 0 N–H and O–H groups in total. The molecule has 2 aromatic carbocycles. The van der Waals surface area contributed by atoms with Gasteiger partial charge in [-0.15, -0.1) is 0 Å². The third-order valence-corrected chi connectivity index (χ3v) is 4.69. The number of amides is 1. The molecule has 1 amide bonds. The number of carbonyl (C=O) groups is 1. The Kier molecular flexibility index (Phi) is 3.29. The molecule has 1 saturated heterocycles. The maximum atomic E-state index is 13.3. The molecule has 0 radical (unpaired) electrons. The zero-order valence-corrected chi connectivity index (χ0v) is 12.5. The number of nitrogens with zero attached hydrogens (tertiary/aromatic N) is 2. The van der Waals surface area contributed by atoms with E-state index in [2.05, 4.69) is 17.0 Å². The van der Waals surface area contributed by atoms with E-state index in [9.17, 15) is 13.6 Å². The van der Waals surface area contributed by atoms with E-state index in [0.29, 0.717) is 13.1 Å². The van der Waals surface area contributed by atoms with Gasteiger partial charge < -0.3 is 9.80 Å². The van der Waals surface area contributed by atoms with Gasteiger partial charge in [0.25, 0.3) is 5.91 Å². The topological polar surface area (TPSA) is 23.6 Å². The normalized spacial score (nSPS) is 19.5. The lowest BCUT2D eigenvalue weighted by Crippen LogP contribution is -2.53. The Morgan fingerprint density at radius 2 is 1.87 bits per heavy atom. The van der Waals surface area contributed by atoms with Crippen molar-refractivity contribution in [3.8, 4) is 0 Å². The molecule has 3 nitrogen and oxygen atoms in total. The molecule has 1 fully saturated rings. The number of hydrogen-bond acceptors (Lipinski definition) is 2. The highest BCUT2D eigenvalue weighted by atomic mass is 19.2. The van der Waals surface area contributed by atoms with Crippen LogP contribution in [0.2, 0.25) is 0 Å². The monoisotopic (exact) mass is 314 g/mol. The Morgan fingerprint density at radius 3 is 2.70 bits per heavy atom. The van der Waals surface area contributed by atoms with Crippen LogP contribution in [0.1, 0.15) is 15.9 Å². The van der Waals surface area contributed by atoms with Gasteiger partial charge in [-0.3, -0.25) is 4.79 Å². The molecule has 4 rings (SSSR count). The van der Waals surface area contributed by atoms with Crippen LogP contribution >= 0.6 is 0 Å². The minimum absolute atomic E-state index is 0.202. The highest BCUT2D eigenvalue weighted by molar-refractivity contribution is 5.94. The predicted molar refractivity (Wildman–Crippen MR) is 83.5 cm³/mol. The van der Waals surface area contributed by atoms with E-state index in [0.717, 1.165) is 25.1 Å². The lowest BCUT2D eigenvalue weighted by Gasteiger charge is -2.39. The molecule has 2 heterocycles. The molecule has 2 aromatic rings. The van der Waals surface area contributed by atoms with Crippen molar-refractivity contribution < 1.29 is 13.6 Å². The Bertz CT molecular complexity index is 777. The van der Waals surface area contributed by atoms with E-state index >= 15 is 0 Å². The molecule has 2 aliphatic rings. The first-order chi connectivity index (χ1) is 11.1. The smallest absolute Gasteiger partial charge is 0.254 e. The van der Waals surface area contributed by atoms with Crippen molar-refractivity contribution >= 4 is 11.6 Å². The summed E-state index contributed by atoms with van der Waals surface area (Å²) in [7, 11) is 0. The Morgan fingerprint density at radius 1 is 1.04 bits per heavy atom. The third kappa shape index (κ3) is 2.36. The van der Waals surface area contributed by atoms with Gasteiger partial charge in [-0.2, -0.15) is 0 Å². The number of para-hydroxylation sites is 1. The van der Waals surface area contributed by atoms with Crippen LogP contribution in [0.3, 0.4) is 0 Å². The second-order valence-electron chi connectivity index (χ2n) is 6.06. The summed E-state index contributed by atoms with van der Waals surface area (Å²) < 4.78 is 26.4. The van der Waals surface area contributed by atoms with Gasteiger partial charge in [0.2, 0.25) is 0 Å². The maximum Gasteiger partial charge on any atom is 0.254 e. The zero-order chi connectivity index (χ0) is 16.0. The molecule has 23 heavy (non-hydrogen) atoms. The highest BCUT2D eigenvalue weighted by Gasteiger charge is 2.35. The van der Waals surface area contributed by atoms with Crippen LogP contribution in [0.15, 0.2) is 42.5 Å². The summed E-state index contributed by atoms with van der Waals surface area (Å²) in [4.78, 5) is 16.6. The second kappa shape index (κ2) is 5.33. The van der Waals surface area contributed by atoms with Crippen molar-refractivity contribution in [2.75, 3.05) is 24.5 Å². The van der Waals surface area contributed by atoms with Gasteiger partial charge >= 0.3 is 0 Å². The van der Waals surface area contributed by atoms with Crippen LogP contribution in [0, 0.1) is 11.6 Å².